The second-order valence-electron chi connectivity index (χ2n) is 5.97. The first-order valence-electron chi connectivity index (χ1n) is 8.10. The Hall–Kier alpha value is -2.23. The van der Waals surface area contributed by atoms with Crippen molar-refractivity contribution < 1.29 is 9.59 Å². The van der Waals surface area contributed by atoms with Crippen LogP contribution in [0.4, 0.5) is 10.8 Å². The third kappa shape index (κ3) is 5.38. The second kappa shape index (κ2) is 8.64. The first-order valence-corrected chi connectivity index (χ1v) is 10.8. The monoisotopic (exact) mass is 418 g/mol. The van der Waals surface area contributed by atoms with Gasteiger partial charge in [-0.05, 0) is 49.4 Å². The highest BCUT2D eigenvalue weighted by Crippen LogP contribution is 2.26. The Morgan fingerprint density at radius 3 is 2.59 bits per heavy atom. The number of carbonyl (C=O) groups excluding carboxylic acids is 2. The molecule has 2 heterocycles. The van der Waals surface area contributed by atoms with Gasteiger partial charge in [0.1, 0.15) is 0 Å². The summed E-state index contributed by atoms with van der Waals surface area (Å²) >= 11 is 3.93. The molecule has 0 bridgehead atoms. The second-order valence-corrected chi connectivity index (χ2v) is 9.08. The highest BCUT2D eigenvalue weighted by atomic mass is 32.2. The molecule has 0 fully saturated rings. The van der Waals surface area contributed by atoms with Gasteiger partial charge < -0.3 is 5.32 Å². The fourth-order valence-corrected chi connectivity index (χ4v) is 4.63. The molecule has 0 aliphatic rings. The van der Waals surface area contributed by atoms with Crippen molar-refractivity contribution >= 4 is 57.1 Å². The van der Waals surface area contributed by atoms with Gasteiger partial charge in [0.05, 0.1) is 10.6 Å². The predicted molar refractivity (Wildman–Crippen MR) is 112 cm³/mol. The van der Waals surface area contributed by atoms with E-state index in [-0.39, 0.29) is 17.6 Å². The minimum Gasteiger partial charge on any atom is -0.325 e. The van der Waals surface area contributed by atoms with E-state index in [0.717, 1.165) is 22.4 Å². The Morgan fingerprint density at radius 1 is 1.07 bits per heavy atom. The Bertz CT molecular complexity index is 981. The number of benzene rings is 1. The van der Waals surface area contributed by atoms with E-state index in [1.807, 2.05) is 50.4 Å². The van der Waals surface area contributed by atoms with Crippen LogP contribution in [-0.4, -0.2) is 27.8 Å². The van der Waals surface area contributed by atoms with Crippen molar-refractivity contribution in [2.75, 3.05) is 16.4 Å². The van der Waals surface area contributed by atoms with E-state index in [2.05, 4.69) is 20.8 Å². The van der Waals surface area contributed by atoms with Crippen LogP contribution in [0, 0.1) is 20.8 Å². The minimum atomic E-state index is -0.201. The largest absolute Gasteiger partial charge is 0.325 e. The van der Waals surface area contributed by atoms with E-state index in [4.69, 9.17) is 0 Å². The summed E-state index contributed by atoms with van der Waals surface area (Å²) in [6.07, 6.45) is 0. The third-order valence-electron chi connectivity index (χ3n) is 3.56. The molecule has 6 nitrogen and oxygen atoms in total. The zero-order chi connectivity index (χ0) is 19.4. The van der Waals surface area contributed by atoms with E-state index in [1.165, 1.54) is 34.4 Å². The van der Waals surface area contributed by atoms with Gasteiger partial charge in [0.25, 0.3) is 5.91 Å². The number of aromatic nitrogens is 2. The number of thiophene rings is 1. The smallest absolute Gasteiger partial charge is 0.267 e. The van der Waals surface area contributed by atoms with Crippen molar-refractivity contribution in [1.29, 1.82) is 0 Å². The number of carbonyl (C=O) groups is 2. The first-order chi connectivity index (χ1) is 12.9. The van der Waals surface area contributed by atoms with Gasteiger partial charge in [0, 0.05) is 5.69 Å². The number of hydrogen-bond acceptors (Lipinski definition) is 7. The Balaban J connectivity index is 1.51. The fraction of sp³-hybridized carbons (Fsp3) is 0.222. The van der Waals surface area contributed by atoms with Crippen LogP contribution in [0.25, 0.3) is 0 Å². The Labute approximate surface area is 169 Å². The molecule has 0 saturated carbocycles. The number of rotatable bonds is 6. The molecule has 0 aliphatic carbocycles. The van der Waals surface area contributed by atoms with Crippen molar-refractivity contribution in [2.45, 2.75) is 25.1 Å². The molecule has 3 rings (SSSR count). The van der Waals surface area contributed by atoms with E-state index >= 15 is 0 Å². The number of hydrogen-bond donors (Lipinski definition) is 2. The molecule has 0 atom stereocenters. The van der Waals surface area contributed by atoms with Gasteiger partial charge in [-0.25, -0.2) is 0 Å². The zero-order valence-electron chi connectivity index (χ0n) is 15.0. The average molecular weight is 419 g/mol. The van der Waals surface area contributed by atoms with Gasteiger partial charge in [-0.1, -0.05) is 40.8 Å². The molecule has 2 amide bonds. The van der Waals surface area contributed by atoms with Crippen LogP contribution in [0.5, 0.6) is 0 Å². The topological polar surface area (TPSA) is 84.0 Å². The third-order valence-corrected chi connectivity index (χ3v) is 6.58. The lowest BCUT2D eigenvalue weighted by Gasteiger charge is -2.08. The molecule has 140 valence electrons. The summed E-state index contributed by atoms with van der Waals surface area (Å²) in [5.74, 6) is -0.0878. The first kappa shape index (κ1) is 19.5. The average Bonchev–Trinajstić information content (AvgIpc) is 3.24. The van der Waals surface area contributed by atoms with Crippen LogP contribution in [-0.2, 0) is 4.79 Å². The molecular formula is C18H18N4O2S3. The predicted octanol–water partition coefficient (Wildman–Crippen LogP) is 4.51. The Morgan fingerprint density at radius 2 is 1.89 bits per heavy atom. The number of nitrogens with zero attached hydrogens (tertiary/aromatic N) is 2. The van der Waals surface area contributed by atoms with Crippen LogP contribution < -0.4 is 10.6 Å². The molecule has 2 N–H and O–H groups in total. The molecule has 3 aromatic rings. The van der Waals surface area contributed by atoms with E-state index in [1.54, 1.807) is 0 Å². The number of thioether (sulfide) groups is 1. The van der Waals surface area contributed by atoms with Crippen molar-refractivity contribution in [3.05, 3.63) is 51.2 Å². The number of aryl methyl sites for hydroxylation is 3. The van der Waals surface area contributed by atoms with Crippen molar-refractivity contribution in [2.24, 2.45) is 0 Å². The lowest BCUT2D eigenvalue weighted by atomic mass is 10.1. The summed E-state index contributed by atoms with van der Waals surface area (Å²) in [4.78, 5) is 24.9. The summed E-state index contributed by atoms with van der Waals surface area (Å²) < 4.78 is 0.628. The highest BCUT2D eigenvalue weighted by molar-refractivity contribution is 8.01. The van der Waals surface area contributed by atoms with Gasteiger partial charge >= 0.3 is 0 Å². The SMILES string of the molecule is Cc1csc(C(=O)Nc2nnc(SCC(=O)Nc3ccc(C)cc3C)s2)c1. The van der Waals surface area contributed by atoms with Gasteiger partial charge in [-0.3, -0.25) is 14.9 Å². The molecule has 0 unspecified atom stereocenters. The number of nitrogens with one attached hydrogen (secondary N) is 2. The normalized spacial score (nSPS) is 10.6. The van der Waals surface area contributed by atoms with Crippen LogP contribution >= 0.6 is 34.4 Å². The molecule has 2 aromatic heterocycles. The van der Waals surface area contributed by atoms with Crippen LogP contribution in [0.2, 0.25) is 0 Å². The standard InChI is InChI=1S/C18H18N4O2S3/c1-10-4-5-13(12(3)6-10)19-15(23)9-26-18-22-21-17(27-18)20-16(24)14-7-11(2)8-25-14/h4-8H,9H2,1-3H3,(H,19,23)(H,20,21,24). The van der Waals surface area contributed by atoms with E-state index in [9.17, 15) is 9.59 Å². The zero-order valence-corrected chi connectivity index (χ0v) is 17.5. The molecular weight excluding hydrogens is 400 g/mol. The molecule has 0 saturated heterocycles. The summed E-state index contributed by atoms with van der Waals surface area (Å²) in [5.41, 5.74) is 4.04. The van der Waals surface area contributed by atoms with Crippen LogP contribution in [0.1, 0.15) is 26.4 Å². The molecule has 9 heteroatoms. The van der Waals surface area contributed by atoms with Crippen LogP contribution in [0.15, 0.2) is 34.0 Å². The van der Waals surface area contributed by atoms with Gasteiger partial charge in [0.15, 0.2) is 4.34 Å². The minimum absolute atomic E-state index is 0.109. The van der Waals surface area contributed by atoms with E-state index < -0.39 is 0 Å². The molecule has 0 radical (unpaired) electrons. The number of amides is 2. The Kier molecular flexibility index (Phi) is 6.25. The van der Waals surface area contributed by atoms with Crippen molar-refractivity contribution in [1.82, 2.24) is 10.2 Å². The lowest BCUT2D eigenvalue weighted by Crippen LogP contribution is -2.14. The molecule has 0 spiro atoms. The summed E-state index contributed by atoms with van der Waals surface area (Å²) in [6.45, 7) is 5.92. The van der Waals surface area contributed by atoms with Gasteiger partial charge in [0.2, 0.25) is 11.0 Å². The molecule has 0 aliphatic heterocycles. The van der Waals surface area contributed by atoms with Crippen LogP contribution in [0.3, 0.4) is 0 Å². The van der Waals surface area contributed by atoms with Crippen molar-refractivity contribution in [3.8, 4) is 0 Å². The van der Waals surface area contributed by atoms with Gasteiger partial charge in [-0.15, -0.1) is 21.5 Å². The maximum Gasteiger partial charge on any atom is 0.267 e. The fourth-order valence-electron chi connectivity index (χ4n) is 2.30. The molecule has 27 heavy (non-hydrogen) atoms. The lowest BCUT2D eigenvalue weighted by molar-refractivity contribution is -0.113. The number of anilines is 2. The van der Waals surface area contributed by atoms with Crippen molar-refractivity contribution in [3.63, 3.8) is 0 Å². The van der Waals surface area contributed by atoms with E-state index in [0.29, 0.717) is 14.3 Å². The molecule has 1 aromatic carbocycles. The maximum absolute atomic E-state index is 12.2. The summed E-state index contributed by atoms with van der Waals surface area (Å²) in [6, 6.07) is 7.72. The highest BCUT2D eigenvalue weighted by Gasteiger charge is 2.13. The maximum atomic E-state index is 12.2. The quantitative estimate of drug-likeness (QED) is 0.455. The summed E-state index contributed by atoms with van der Waals surface area (Å²) in [5, 5.41) is 16.0. The van der Waals surface area contributed by atoms with Gasteiger partial charge in [-0.2, -0.15) is 0 Å². The summed E-state index contributed by atoms with van der Waals surface area (Å²) in [7, 11) is 0.